The fourth-order valence-corrected chi connectivity index (χ4v) is 2.15. The van der Waals surface area contributed by atoms with Crippen LogP contribution in [0.15, 0.2) is 18.2 Å². The number of carboxylic acid groups (broad SMARTS) is 1. The van der Waals surface area contributed by atoms with E-state index in [1.54, 1.807) is 18.2 Å². The average molecular weight is 293 g/mol. The highest BCUT2D eigenvalue weighted by Crippen LogP contribution is 2.37. The molecule has 1 fully saturated rings. The largest absolute Gasteiger partial charge is 0.498 e. The Labute approximate surface area is 124 Å². The van der Waals surface area contributed by atoms with E-state index in [0.29, 0.717) is 16.9 Å². The zero-order valence-corrected chi connectivity index (χ0v) is 12.9. The summed E-state index contributed by atoms with van der Waals surface area (Å²) in [5, 5.41) is 11.2. The molecule has 0 aromatic heterocycles. The number of methoxy groups -OCH3 is 1. The van der Waals surface area contributed by atoms with Crippen LogP contribution in [0.3, 0.4) is 0 Å². The van der Waals surface area contributed by atoms with Crippen LogP contribution in [-0.4, -0.2) is 36.6 Å². The van der Waals surface area contributed by atoms with Crippen LogP contribution < -0.4 is 15.5 Å². The molecule has 114 valence electrons. The third-order valence-electron chi connectivity index (χ3n) is 4.00. The Morgan fingerprint density at radius 3 is 2.29 bits per heavy atom. The van der Waals surface area contributed by atoms with Crippen LogP contribution in [0.2, 0.25) is 0 Å². The van der Waals surface area contributed by atoms with Crippen molar-refractivity contribution in [1.82, 2.24) is 0 Å². The van der Waals surface area contributed by atoms with Gasteiger partial charge in [0.15, 0.2) is 0 Å². The minimum absolute atomic E-state index is 0.359. The number of amides is 1. The minimum atomic E-state index is -1.15. The van der Waals surface area contributed by atoms with Gasteiger partial charge >= 0.3 is 13.2 Å². The number of nitrogens with one attached hydrogen (secondary N) is 1. The smallest absolute Gasteiger partial charge is 0.495 e. The summed E-state index contributed by atoms with van der Waals surface area (Å²) in [4.78, 5) is 10.8. The monoisotopic (exact) mass is 293 g/mol. The van der Waals surface area contributed by atoms with Crippen LogP contribution in [0.25, 0.3) is 0 Å². The lowest BCUT2D eigenvalue weighted by atomic mass is 9.78. The van der Waals surface area contributed by atoms with E-state index in [1.165, 1.54) is 7.11 Å². The molecular weight excluding hydrogens is 273 g/mol. The van der Waals surface area contributed by atoms with Gasteiger partial charge in [0.25, 0.3) is 0 Å². The quantitative estimate of drug-likeness (QED) is 0.834. The topological polar surface area (TPSA) is 77.0 Å². The molecule has 2 N–H and O–H groups in total. The third kappa shape index (κ3) is 2.84. The molecule has 1 aromatic rings. The Hall–Kier alpha value is -1.73. The molecule has 1 saturated heterocycles. The molecule has 6 nitrogen and oxygen atoms in total. The Morgan fingerprint density at radius 1 is 1.24 bits per heavy atom. The van der Waals surface area contributed by atoms with E-state index >= 15 is 0 Å². The van der Waals surface area contributed by atoms with Crippen LogP contribution in [0.5, 0.6) is 5.75 Å². The normalized spacial score (nSPS) is 19.4. The summed E-state index contributed by atoms with van der Waals surface area (Å²) in [6, 6.07) is 5.16. The lowest BCUT2D eigenvalue weighted by Gasteiger charge is -2.32. The summed E-state index contributed by atoms with van der Waals surface area (Å²) in [7, 11) is 0.873. The van der Waals surface area contributed by atoms with Crippen molar-refractivity contribution in [2.75, 3.05) is 12.4 Å². The first-order valence-corrected chi connectivity index (χ1v) is 6.70. The Kier molecular flexibility index (Phi) is 3.90. The number of hydrogen-bond donors (Lipinski definition) is 2. The summed E-state index contributed by atoms with van der Waals surface area (Å²) in [6.45, 7) is 7.83. The van der Waals surface area contributed by atoms with E-state index in [9.17, 15) is 4.79 Å². The predicted molar refractivity (Wildman–Crippen MR) is 80.4 cm³/mol. The fraction of sp³-hybridized carbons (Fsp3) is 0.500. The van der Waals surface area contributed by atoms with Crippen molar-refractivity contribution in [3.05, 3.63) is 18.2 Å². The number of ether oxygens (including phenoxy) is 1. The molecule has 21 heavy (non-hydrogen) atoms. The van der Waals surface area contributed by atoms with Crippen LogP contribution in [0, 0.1) is 0 Å². The number of hydrogen-bond acceptors (Lipinski definition) is 4. The molecule has 1 heterocycles. The Morgan fingerprint density at radius 2 is 1.81 bits per heavy atom. The SMILES string of the molecule is COc1c(NC(=O)O)cccc1B1OC(C)(C)C(C)(C)O1. The number of rotatable bonds is 3. The van der Waals surface area contributed by atoms with Gasteiger partial charge in [0.2, 0.25) is 0 Å². The highest BCUT2D eigenvalue weighted by Gasteiger charge is 2.52. The van der Waals surface area contributed by atoms with E-state index < -0.39 is 24.4 Å². The third-order valence-corrected chi connectivity index (χ3v) is 4.00. The van der Waals surface area contributed by atoms with Crippen molar-refractivity contribution >= 4 is 24.4 Å². The van der Waals surface area contributed by atoms with Gasteiger partial charge in [-0.2, -0.15) is 0 Å². The molecular formula is C14H20BNO5. The van der Waals surface area contributed by atoms with Crippen LogP contribution >= 0.6 is 0 Å². The maximum Gasteiger partial charge on any atom is 0.498 e. The van der Waals surface area contributed by atoms with Crippen LogP contribution in [-0.2, 0) is 9.31 Å². The van der Waals surface area contributed by atoms with Gasteiger partial charge in [0, 0.05) is 5.46 Å². The van der Waals surface area contributed by atoms with Gasteiger partial charge in [-0.25, -0.2) is 4.79 Å². The summed E-state index contributed by atoms with van der Waals surface area (Å²) >= 11 is 0. The van der Waals surface area contributed by atoms with Crippen molar-refractivity contribution in [2.45, 2.75) is 38.9 Å². The lowest BCUT2D eigenvalue weighted by Crippen LogP contribution is -2.41. The molecule has 2 rings (SSSR count). The van der Waals surface area contributed by atoms with Crippen LogP contribution in [0.4, 0.5) is 10.5 Å². The summed E-state index contributed by atoms with van der Waals surface area (Å²) < 4.78 is 17.3. The molecule has 1 aliphatic heterocycles. The maximum absolute atomic E-state index is 10.8. The van der Waals surface area contributed by atoms with Gasteiger partial charge < -0.3 is 19.2 Å². The molecule has 0 atom stereocenters. The minimum Gasteiger partial charge on any atom is -0.495 e. The van der Waals surface area contributed by atoms with Crippen molar-refractivity contribution in [3.63, 3.8) is 0 Å². The lowest BCUT2D eigenvalue weighted by molar-refractivity contribution is 0.00578. The maximum atomic E-state index is 10.8. The summed E-state index contributed by atoms with van der Waals surface area (Å²) in [5.74, 6) is 0.401. The van der Waals surface area contributed by atoms with Gasteiger partial charge in [-0.15, -0.1) is 0 Å². The highest BCUT2D eigenvalue weighted by molar-refractivity contribution is 6.63. The molecule has 1 aliphatic rings. The van der Waals surface area contributed by atoms with Crippen molar-refractivity contribution < 1.29 is 23.9 Å². The molecule has 0 unspecified atom stereocenters. The fourth-order valence-electron chi connectivity index (χ4n) is 2.15. The van der Waals surface area contributed by atoms with Crippen molar-refractivity contribution in [2.24, 2.45) is 0 Å². The van der Waals surface area contributed by atoms with Gasteiger partial charge in [0.05, 0.1) is 24.0 Å². The molecule has 0 saturated carbocycles. The first-order valence-electron chi connectivity index (χ1n) is 6.70. The van der Waals surface area contributed by atoms with Crippen molar-refractivity contribution in [1.29, 1.82) is 0 Å². The van der Waals surface area contributed by atoms with E-state index in [2.05, 4.69) is 5.32 Å². The second-order valence-corrected chi connectivity index (χ2v) is 5.95. The molecule has 0 aliphatic carbocycles. The van der Waals surface area contributed by atoms with Gasteiger partial charge in [0.1, 0.15) is 5.75 Å². The molecule has 1 amide bonds. The highest BCUT2D eigenvalue weighted by atomic mass is 16.7. The molecule has 0 spiro atoms. The number of anilines is 1. The number of para-hydroxylation sites is 1. The first-order chi connectivity index (χ1) is 9.68. The van der Waals surface area contributed by atoms with Gasteiger partial charge in [-0.05, 0) is 33.8 Å². The Balaban J connectivity index is 2.39. The van der Waals surface area contributed by atoms with E-state index in [4.69, 9.17) is 19.2 Å². The second kappa shape index (κ2) is 5.24. The molecule has 0 bridgehead atoms. The summed E-state index contributed by atoms with van der Waals surface area (Å²) in [5.41, 5.74) is 0.0669. The molecule has 1 aromatic carbocycles. The first kappa shape index (κ1) is 15.7. The van der Waals surface area contributed by atoms with E-state index in [0.717, 1.165) is 0 Å². The molecule has 0 radical (unpaired) electrons. The predicted octanol–water partition coefficient (Wildman–Crippen LogP) is 2.08. The standard InChI is InChI=1S/C14H20BNO5/c1-13(2)14(3,4)21-15(20-13)9-7-6-8-10(11(9)19-5)16-12(17)18/h6-8,16H,1-5H3,(H,17,18). The zero-order chi connectivity index (χ0) is 15.8. The van der Waals surface area contributed by atoms with Gasteiger partial charge in [-0.3, -0.25) is 5.32 Å². The van der Waals surface area contributed by atoms with Gasteiger partial charge in [-0.1, -0.05) is 12.1 Å². The zero-order valence-electron chi connectivity index (χ0n) is 12.9. The number of carbonyl (C=O) groups is 1. The molecule has 7 heteroatoms. The Bertz CT molecular complexity index is 542. The number of benzene rings is 1. The average Bonchev–Trinajstić information content (AvgIpc) is 2.57. The second-order valence-electron chi connectivity index (χ2n) is 5.95. The summed E-state index contributed by atoms with van der Waals surface area (Å²) in [6.07, 6.45) is -1.15. The van der Waals surface area contributed by atoms with E-state index in [-0.39, 0.29) is 0 Å². The van der Waals surface area contributed by atoms with E-state index in [1.807, 2.05) is 27.7 Å². The van der Waals surface area contributed by atoms with Crippen LogP contribution in [0.1, 0.15) is 27.7 Å². The van der Waals surface area contributed by atoms with Crippen molar-refractivity contribution in [3.8, 4) is 5.75 Å².